The molecule has 0 N–H and O–H groups in total. The van der Waals surface area contributed by atoms with Crippen LogP contribution >= 0.6 is 11.3 Å². The number of carbonyl (C=O) groups excluding carboxylic acids is 1. The van der Waals surface area contributed by atoms with Crippen LogP contribution in [0.1, 0.15) is 42.9 Å². The van der Waals surface area contributed by atoms with Gasteiger partial charge >= 0.3 is 5.97 Å². The van der Waals surface area contributed by atoms with Gasteiger partial charge in [-0.3, -0.25) is 0 Å². The maximum atomic E-state index is 12.1. The van der Waals surface area contributed by atoms with Crippen LogP contribution in [0.25, 0.3) is 16.5 Å². The number of benzene rings is 1. The smallest absolute Gasteiger partial charge is 0.348 e. The molecule has 0 unspecified atom stereocenters. The highest BCUT2D eigenvalue weighted by Gasteiger charge is 2.19. The van der Waals surface area contributed by atoms with E-state index >= 15 is 0 Å². The topological polar surface area (TPSA) is 26.3 Å². The number of ether oxygens (including phenoxy) is 1. The molecule has 1 heterocycles. The molecular formula is C19H22O2S. The summed E-state index contributed by atoms with van der Waals surface area (Å²) < 4.78 is 4.94. The second kappa shape index (κ2) is 6.49. The van der Waals surface area contributed by atoms with Crippen LogP contribution in [0, 0.1) is 5.41 Å². The first-order valence-corrected chi connectivity index (χ1v) is 8.11. The minimum atomic E-state index is -0.278. The Morgan fingerprint density at radius 3 is 2.36 bits per heavy atom. The Morgan fingerprint density at radius 2 is 1.82 bits per heavy atom. The van der Waals surface area contributed by atoms with Crippen molar-refractivity contribution in [2.45, 2.75) is 27.7 Å². The fourth-order valence-electron chi connectivity index (χ4n) is 1.96. The van der Waals surface area contributed by atoms with Crippen LogP contribution in [0.15, 0.2) is 42.0 Å². The number of rotatable bonds is 3. The minimum Gasteiger partial charge on any atom is -0.465 e. The Hall–Kier alpha value is -1.87. The van der Waals surface area contributed by atoms with Gasteiger partial charge in [0.15, 0.2) is 0 Å². The van der Waals surface area contributed by atoms with Crippen LogP contribution in [0.3, 0.4) is 0 Å². The van der Waals surface area contributed by atoms with E-state index in [9.17, 15) is 4.79 Å². The summed E-state index contributed by atoms with van der Waals surface area (Å²) in [6.07, 6.45) is 2.09. The van der Waals surface area contributed by atoms with Crippen molar-refractivity contribution >= 4 is 23.4 Å². The van der Waals surface area contributed by atoms with Crippen LogP contribution in [0.4, 0.5) is 0 Å². The van der Waals surface area contributed by atoms with Crippen LogP contribution in [-0.4, -0.2) is 13.1 Å². The maximum absolute atomic E-state index is 12.1. The quantitative estimate of drug-likeness (QED) is 0.684. The highest BCUT2D eigenvalue weighted by atomic mass is 32.1. The molecule has 0 amide bonds. The predicted octanol–water partition coefficient (Wildman–Crippen LogP) is 5.65. The average Bonchev–Trinajstić information content (AvgIpc) is 2.90. The van der Waals surface area contributed by atoms with Crippen molar-refractivity contribution in [3.8, 4) is 10.4 Å². The van der Waals surface area contributed by atoms with Gasteiger partial charge in [0.25, 0.3) is 0 Å². The summed E-state index contributed by atoms with van der Waals surface area (Å²) in [4.78, 5) is 13.8. The van der Waals surface area contributed by atoms with Crippen LogP contribution in [0.5, 0.6) is 0 Å². The van der Waals surface area contributed by atoms with Crippen molar-refractivity contribution in [1.82, 2.24) is 0 Å². The predicted molar refractivity (Wildman–Crippen MR) is 94.2 cm³/mol. The average molecular weight is 314 g/mol. The maximum Gasteiger partial charge on any atom is 0.348 e. The third kappa shape index (κ3) is 3.66. The molecule has 3 heteroatoms. The van der Waals surface area contributed by atoms with E-state index in [1.165, 1.54) is 24.0 Å². The zero-order valence-corrected chi connectivity index (χ0v) is 14.6. The standard InChI is InChI=1S/C19H22O2S/c1-13(19(2,3)4)11-15-12-16(14-9-7-6-8-10-14)22-17(15)18(20)21-5/h6-12H,1-5H3/b13-11-. The molecule has 0 atom stereocenters. The molecule has 2 rings (SSSR count). The molecule has 0 aliphatic rings. The van der Waals surface area contributed by atoms with E-state index in [-0.39, 0.29) is 11.4 Å². The SMILES string of the molecule is COC(=O)c1sc(-c2ccccc2)cc1/C=C(/C)C(C)(C)C. The Bertz CT molecular complexity index is 688. The number of methoxy groups -OCH3 is 1. The van der Waals surface area contributed by atoms with Gasteiger partial charge in [-0.05, 0) is 24.0 Å². The van der Waals surface area contributed by atoms with E-state index in [0.29, 0.717) is 4.88 Å². The molecule has 0 aliphatic carbocycles. The lowest BCUT2D eigenvalue weighted by Crippen LogP contribution is -2.06. The van der Waals surface area contributed by atoms with Crippen LogP contribution < -0.4 is 0 Å². The van der Waals surface area contributed by atoms with Gasteiger partial charge in [-0.15, -0.1) is 11.3 Å². The molecule has 0 saturated carbocycles. The normalized spacial score (nSPS) is 12.3. The molecule has 0 saturated heterocycles. The Labute approximate surface area is 136 Å². The van der Waals surface area contributed by atoms with E-state index in [1.54, 1.807) is 0 Å². The number of hydrogen-bond donors (Lipinski definition) is 0. The van der Waals surface area contributed by atoms with E-state index in [0.717, 1.165) is 16.0 Å². The Morgan fingerprint density at radius 1 is 1.18 bits per heavy atom. The molecule has 0 aliphatic heterocycles. The second-order valence-electron chi connectivity index (χ2n) is 6.33. The Balaban J connectivity index is 2.53. The van der Waals surface area contributed by atoms with Gasteiger partial charge in [0, 0.05) is 10.4 Å². The molecule has 0 spiro atoms. The summed E-state index contributed by atoms with van der Waals surface area (Å²) in [5.74, 6) is -0.278. The zero-order valence-electron chi connectivity index (χ0n) is 13.8. The third-order valence-corrected chi connectivity index (χ3v) is 4.92. The highest BCUT2D eigenvalue weighted by Crippen LogP contribution is 2.35. The lowest BCUT2D eigenvalue weighted by Gasteiger charge is -2.19. The summed E-state index contributed by atoms with van der Waals surface area (Å²) >= 11 is 1.48. The lowest BCUT2D eigenvalue weighted by atomic mass is 9.86. The van der Waals surface area contributed by atoms with Crippen molar-refractivity contribution in [3.63, 3.8) is 0 Å². The fourth-order valence-corrected chi connectivity index (χ4v) is 3.02. The van der Waals surface area contributed by atoms with Gasteiger partial charge in [0.05, 0.1) is 7.11 Å². The van der Waals surface area contributed by atoms with Crippen LogP contribution in [0.2, 0.25) is 0 Å². The van der Waals surface area contributed by atoms with Gasteiger partial charge in [-0.25, -0.2) is 4.79 Å². The molecule has 0 fully saturated rings. The molecular weight excluding hydrogens is 292 g/mol. The van der Waals surface area contributed by atoms with Gasteiger partial charge in [-0.2, -0.15) is 0 Å². The number of thiophene rings is 1. The largest absolute Gasteiger partial charge is 0.465 e. The first-order valence-electron chi connectivity index (χ1n) is 7.29. The minimum absolute atomic E-state index is 0.0717. The van der Waals surface area contributed by atoms with E-state index in [2.05, 4.69) is 52.0 Å². The molecule has 116 valence electrons. The molecule has 1 aromatic heterocycles. The first kappa shape index (κ1) is 16.5. The number of allylic oxidation sites excluding steroid dienone is 1. The number of hydrogen-bond acceptors (Lipinski definition) is 3. The summed E-state index contributed by atoms with van der Waals surface area (Å²) in [6, 6.07) is 12.2. The highest BCUT2D eigenvalue weighted by molar-refractivity contribution is 7.17. The summed E-state index contributed by atoms with van der Waals surface area (Å²) in [5, 5.41) is 0. The van der Waals surface area contributed by atoms with Crippen molar-refractivity contribution in [1.29, 1.82) is 0 Å². The van der Waals surface area contributed by atoms with E-state index in [1.807, 2.05) is 18.2 Å². The van der Waals surface area contributed by atoms with Gasteiger partial charge < -0.3 is 4.74 Å². The molecule has 0 radical (unpaired) electrons. The van der Waals surface area contributed by atoms with E-state index < -0.39 is 0 Å². The number of esters is 1. The molecule has 22 heavy (non-hydrogen) atoms. The van der Waals surface area contributed by atoms with Crippen molar-refractivity contribution in [2.75, 3.05) is 7.11 Å². The summed E-state index contributed by atoms with van der Waals surface area (Å²) in [7, 11) is 1.42. The summed E-state index contributed by atoms with van der Waals surface area (Å²) in [6.45, 7) is 8.60. The first-order chi connectivity index (χ1) is 10.3. The lowest BCUT2D eigenvalue weighted by molar-refractivity contribution is 0.0606. The fraction of sp³-hybridized carbons (Fsp3) is 0.316. The van der Waals surface area contributed by atoms with Gasteiger partial charge in [0.2, 0.25) is 0 Å². The van der Waals surface area contributed by atoms with Crippen molar-refractivity contribution in [3.05, 3.63) is 52.4 Å². The number of carbonyl (C=O) groups is 1. The van der Waals surface area contributed by atoms with Crippen molar-refractivity contribution < 1.29 is 9.53 Å². The molecule has 2 aromatic rings. The monoisotopic (exact) mass is 314 g/mol. The van der Waals surface area contributed by atoms with E-state index in [4.69, 9.17) is 4.74 Å². The summed E-state index contributed by atoms with van der Waals surface area (Å²) in [5.41, 5.74) is 3.35. The molecule has 0 bridgehead atoms. The van der Waals surface area contributed by atoms with Crippen molar-refractivity contribution in [2.24, 2.45) is 5.41 Å². The zero-order chi connectivity index (χ0) is 16.3. The molecule has 2 nitrogen and oxygen atoms in total. The molecule has 1 aromatic carbocycles. The van der Waals surface area contributed by atoms with Gasteiger partial charge in [0.1, 0.15) is 4.88 Å². The van der Waals surface area contributed by atoms with Gasteiger partial charge in [-0.1, -0.05) is 62.8 Å². The third-order valence-electron chi connectivity index (χ3n) is 3.74. The Kier molecular flexibility index (Phi) is 4.87. The van der Waals surface area contributed by atoms with Crippen LogP contribution in [-0.2, 0) is 4.74 Å². The second-order valence-corrected chi connectivity index (χ2v) is 7.38.